The monoisotopic (exact) mass is 291 g/mol. The van der Waals surface area contributed by atoms with Gasteiger partial charge in [0.2, 0.25) is 11.8 Å². The standard InChI is InChI=1S/C15H21N3O3/c1-2-12-15(21)17-14(20)9-18(12)8-13(19)11-5-3-10(7-16)4-6-11/h3-6,12-13,19H,2,7-9,16H2,1H3,(H,17,20,21). The molecule has 1 heterocycles. The highest BCUT2D eigenvalue weighted by Crippen LogP contribution is 2.18. The SMILES string of the molecule is CCC1C(=O)NC(=O)CN1CC(O)c1ccc(CN)cc1. The lowest BCUT2D eigenvalue weighted by molar-refractivity contribution is -0.140. The van der Waals surface area contributed by atoms with Gasteiger partial charge in [-0.1, -0.05) is 31.2 Å². The zero-order chi connectivity index (χ0) is 15.4. The molecule has 2 amide bonds. The van der Waals surface area contributed by atoms with E-state index in [1.165, 1.54) is 0 Å². The fourth-order valence-corrected chi connectivity index (χ4v) is 2.56. The van der Waals surface area contributed by atoms with Crippen LogP contribution in [-0.2, 0) is 16.1 Å². The van der Waals surface area contributed by atoms with Crippen molar-refractivity contribution in [2.45, 2.75) is 32.0 Å². The largest absolute Gasteiger partial charge is 0.387 e. The Bertz CT molecular complexity index is 515. The van der Waals surface area contributed by atoms with Crippen LogP contribution in [0.1, 0.15) is 30.6 Å². The van der Waals surface area contributed by atoms with Crippen LogP contribution in [0.3, 0.4) is 0 Å². The van der Waals surface area contributed by atoms with Crippen molar-refractivity contribution in [3.63, 3.8) is 0 Å². The number of carbonyl (C=O) groups is 2. The van der Waals surface area contributed by atoms with Crippen LogP contribution in [0, 0.1) is 0 Å². The quantitative estimate of drug-likeness (QED) is 0.659. The molecule has 0 saturated carbocycles. The molecule has 1 aliphatic rings. The van der Waals surface area contributed by atoms with Gasteiger partial charge in [-0.2, -0.15) is 0 Å². The number of benzene rings is 1. The lowest BCUT2D eigenvalue weighted by atomic mass is 10.0. The number of imide groups is 1. The molecular formula is C15H21N3O3. The van der Waals surface area contributed by atoms with Crippen molar-refractivity contribution in [1.82, 2.24) is 10.2 Å². The molecule has 1 aromatic carbocycles. The molecule has 6 nitrogen and oxygen atoms in total. The van der Waals surface area contributed by atoms with Crippen molar-refractivity contribution in [3.05, 3.63) is 35.4 Å². The fourth-order valence-electron chi connectivity index (χ4n) is 2.56. The summed E-state index contributed by atoms with van der Waals surface area (Å²) >= 11 is 0. The lowest BCUT2D eigenvalue weighted by Gasteiger charge is -2.34. The summed E-state index contributed by atoms with van der Waals surface area (Å²) in [4.78, 5) is 25.0. The molecule has 6 heteroatoms. The second-order valence-corrected chi connectivity index (χ2v) is 5.23. The maximum atomic E-state index is 11.8. The van der Waals surface area contributed by atoms with Gasteiger partial charge in [0.05, 0.1) is 18.7 Å². The van der Waals surface area contributed by atoms with Gasteiger partial charge in [-0.3, -0.25) is 19.8 Å². The summed E-state index contributed by atoms with van der Waals surface area (Å²) in [6.45, 7) is 2.71. The highest BCUT2D eigenvalue weighted by Gasteiger charge is 2.33. The first-order valence-electron chi connectivity index (χ1n) is 7.09. The molecule has 4 N–H and O–H groups in total. The smallest absolute Gasteiger partial charge is 0.243 e. The highest BCUT2D eigenvalue weighted by molar-refractivity contribution is 6.01. The van der Waals surface area contributed by atoms with E-state index in [-0.39, 0.29) is 30.9 Å². The van der Waals surface area contributed by atoms with E-state index in [1.807, 2.05) is 31.2 Å². The number of nitrogens with zero attached hydrogens (tertiary/aromatic N) is 1. The van der Waals surface area contributed by atoms with Gasteiger partial charge in [0.1, 0.15) is 0 Å². The molecule has 2 rings (SSSR count). The minimum Gasteiger partial charge on any atom is -0.387 e. The number of nitrogens with two attached hydrogens (primary N) is 1. The molecule has 1 saturated heterocycles. The van der Waals surface area contributed by atoms with Gasteiger partial charge in [-0.15, -0.1) is 0 Å². The van der Waals surface area contributed by atoms with E-state index >= 15 is 0 Å². The number of aliphatic hydroxyl groups is 1. The molecule has 0 aromatic heterocycles. The molecule has 1 aromatic rings. The first-order chi connectivity index (χ1) is 10.0. The van der Waals surface area contributed by atoms with Crippen molar-refractivity contribution in [3.8, 4) is 0 Å². The zero-order valence-electron chi connectivity index (χ0n) is 12.1. The minimum absolute atomic E-state index is 0.127. The van der Waals surface area contributed by atoms with Gasteiger partial charge in [0, 0.05) is 13.1 Å². The van der Waals surface area contributed by atoms with E-state index in [9.17, 15) is 14.7 Å². The molecule has 1 fully saturated rings. The second-order valence-electron chi connectivity index (χ2n) is 5.23. The summed E-state index contributed by atoms with van der Waals surface area (Å²) in [5, 5.41) is 12.6. The molecule has 114 valence electrons. The van der Waals surface area contributed by atoms with Crippen molar-refractivity contribution >= 4 is 11.8 Å². The Morgan fingerprint density at radius 1 is 1.38 bits per heavy atom. The maximum Gasteiger partial charge on any atom is 0.243 e. The molecule has 2 atom stereocenters. The predicted octanol–water partition coefficient (Wildman–Crippen LogP) is -0.0843. The van der Waals surface area contributed by atoms with Crippen LogP contribution in [0.5, 0.6) is 0 Å². The van der Waals surface area contributed by atoms with Crippen molar-refractivity contribution in [1.29, 1.82) is 0 Å². The second kappa shape index (κ2) is 6.80. The molecule has 2 unspecified atom stereocenters. The van der Waals surface area contributed by atoms with Crippen LogP contribution in [0.25, 0.3) is 0 Å². The lowest BCUT2D eigenvalue weighted by Crippen LogP contribution is -2.58. The third-order valence-corrected chi connectivity index (χ3v) is 3.75. The topological polar surface area (TPSA) is 95.7 Å². The van der Waals surface area contributed by atoms with Crippen LogP contribution >= 0.6 is 0 Å². The average molecular weight is 291 g/mol. The maximum absolute atomic E-state index is 11.8. The Hall–Kier alpha value is -1.76. The normalized spacial score (nSPS) is 21.2. The summed E-state index contributed by atoms with van der Waals surface area (Å²) in [6, 6.07) is 6.99. The first-order valence-corrected chi connectivity index (χ1v) is 7.09. The summed E-state index contributed by atoms with van der Waals surface area (Å²) < 4.78 is 0. The van der Waals surface area contributed by atoms with Crippen LogP contribution < -0.4 is 11.1 Å². The van der Waals surface area contributed by atoms with Crippen LogP contribution in [-0.4, -0.2) is 41.0 Å². The third-order valence-electron chi connectivity index (χ3n) is 3.75. The summed E-state index contributed by atoms with van der Waals surface area (Å²) in [6.07, 6.45) is -0.151. The number of hydrogen-bond acceptors (Lipinski definition) is 5. The number of piperazine rings is 1. The Labute approximate surface area is 123 Å². The Morgan fingerprint density at radius 2 is 2.05 bits per heavy atom. The molecule has 0 radical (unpaired) electrons. The number of hydrogen-bond donors (Lipinski definition) is 3. The molecule has 0 aliphatic carbocycles. The fraction of sp³-hybridized carbons (Fsp3) is 0.467. The van der Waals surface area contributed by atoms with E-state index in [1.54, 1.807) is 4.90 Å². The number of nitrogens with one attached hydrogen (secondary N) is 1. The predicted molar refractivity (Wildman–Crippen MR) is 78.1 cm³/mol. The van der Waals surface area contributed by atoms with Crippen LogP contribution in [0.4, 0.5) is 0 Å². The molecule has 21 heavy (non-hydrogen) atoms. The zero-order valence-corrected chi connectivity index (χ0v) is 12.1. The first kappa shape index (κ1) is 15.6. The van der Waals surface area contributed by atoms with Crippen LogP contribution in [0.2, 0.25) is 0 Å². The average Bonchev–Trinajstić information content (AvgIpc) is 2.47. The number of rotatable bonds is 5. The Balaban J connectivity index is 2.07. The van der Waals surface area contributed by atoms with Crippen molar-refractivity contribution < 1.29 is 14.7 Å². The summed E-state index contributed by atoms with van der Waals surface area (Å²) in [5.74, 6) is -0.616. The van der Waals surface area contributed by atoms with E-state index in [0.29, 0.717) is 13.0 Å². The summed E-state index contributed by atoms with van der Waals surface area (Å²) in [7, 11) is 0. The minimum atomic E-state index is -0.746. The molecule has 0 bridgehead atoms. The van der Waals surface area contributed by atoms with Gasteiger partial charge in [-0.05, 0) is 17.5 Å². The number of carbonyl (C=O) groups excluding carboxylic acids is 2. The Morgan fingerprint density at radius 3 is 2.62 bits per heavy atom. The van der Waals surface area contributed by atoms with Gasteiger partial charge >= 0.3 is 0 Å². The molecular weight excluding hydrogens is 270 g/mol. The van der Waals surface area contributed by atoms with Gasteiger partial charge in [0.25, 0.3) is 0 Å². The number of aliphatic hydroxyl groups excluding tert-OH is 1. The van der Waals surface area contributed by atoms with Gasteiger partial charge < -0.3 is 10.8 Å². The number of amides is 2. The molecule has 1 aliphatic heterocycles. The number of β-amino-alcohol motifs (C(OH)–C–C–N with tert-alkyl or cyclic N) is 1. The van der Waals surface area contributed by atoms with E-state index in [2.05, 4.69) is 5.32 Å². The highest BCUT2D eigenvalue weighted by atomic mass is 16.3. The van der Waals surface area contributed by atoms with E-state index in [0.717, 1.165) is 11.1 Å². The van der Waals surface area contributed by atoms with Gasteiger partial charge in [-0.25, -0.2) is 0 Å². The van der Waals surface area contributed by atoms with E-state index < -0.39 is 6.10 Å². The van der Waals surface area contributed by atoms with Crippen LogP contribution in [0.15, 0.2) is 24.3 Å². The van der Waals surface area contributed by atoms with Gasteiger partial charge in [0.15, 0.2) is 0 Å². The summed E-state index contributed by atoms with van der Waals surface area (Å²) in [5.41, 5.74) is 7.28. The third kappa shape index (κ3) is 3.66. The van der Waals surface area contributed by atoms with Crippen molar-refractivity contribution in [2.75, 3.05) is 13.1 Å². The molecule has 0 spiro atoms. The Kier molecular flexibility index (Phi) is 5.06. The van der Waals surface area contributed by atoms with Crippen molar-refractivity contribution in [2.24, 2.45) is 5.73 Å². The van der Waals surface area contributed by atoms with E-state index in [4.69, 9.17) is 5.73 Å².